The van der Waals surface area contributed by atoms with E-state index in [-0.39, 0.29) is 0 Å². The first-order chi connectivity index (χ1) is 4.70. The van der Waals surface area contributed by atoms with Gasteiger partial charge in [-0.3, -0.25) is 4.79 Å². The second-order valence-electron chi connectivity index (χ2n) is 2.52. The van der Waals surface area contributed by atoms with Gasteiger partial charge in [0.25, 0.3) is 0 Å². The van der Waals surface area contributed by atoms with Crippen molar-refractivity contribution in [1.29, 1.82) is 0 Å². The standard InChI is InChI=1S/C8H16OS/c1-4-7(3)6-8(9)10-5-2/h7H,4-6H2,1-3H3/t7-/m1/s1. The van der Waals surface area contributed by atoms with E-state index >= 15 is 0 Å². The first kappa shape index (κ1) is 10.0. The van der Waals surface area contributed by atoms with Crippen LogP contribution in [-0.4, -0.2) is 10.9 Å². The van der Waals surface area contributed by atoms with Gasteiger partial charge in [-0.2, -0.15) is 0 Å². The number of thioether (sulfide) groups is 1. The summed E-state index contributed by atoms with van der Waals surface area (Å²) >= 11 is 1.44. The highest BCUT2D eigenvalue weighted by molar-refractivity contribution is 8.13. The van der Waals surface area contributed by atoms with Crippen molar-refractivity contribution in [2.24, 2.45) is 5.92 Å². The fourth-order valence-electron chi connectivity index (χ4n) is 0.649. The van der Waals surface area contributed by atoms with E-state index in [0.29, 0.717) is 11.0 Å². The van der Waals surface area contributed by atoms with Crippen molar-refractivity contribution in [3.63, 3.8) is 0 Å². The van der Waals surface area contributed by atoms with Crippen LogP contribution in [0.1, 0.15) is 33.6 Å². The number of hydrogen-bond acceptors (Lipinski definition) is 2. The van der Waals surface area contributed by atoms with Crippen molar-refractivity contribution in [3.8, 4) is 0 Å². The minimum Gasteiger partial charge on any atom is -0.287 e. The number of rotatable bonds is 4. The van der Waals surface area contributed by atoms with Crippen molar-refractivity contribution >= 4 is 16.9 Å². The topological polar surface area (TPSA) is 17.1 Å². The molecule has 0 aliphatic carbocycles. The summed E-state index contributed by atoms with van der Waals surface area (Å²) in [5, 5.41) is 0.344. The van der Waals surface area contributed by atoms with E-state index in [1.54, 1.807) is 0 Å². The Morgan fingerprint density at radius 1 is 1.50 bits per heavy atom. The summed E-state index contributed by atoms with van der Waals surface area (Å²) in [7, 11) is 0. The molecule has 0 fully saturated rings. The fourth-order valence-corrected chi connectivity index (χ4v) is 1.37. The molecule has 1 nitrogen and oxygen atoms in total. The molecule has 0 aliphatic rings. The molecule has 2 heteroatoms. The molecule has 0 rings (SSSR count). The van der Waals surface area contributed by atoms with Gasteiger partial charge in [0, 0.05) is 6.42 Å². The molecule has 0 aromatic rings. The Labute approximate surface area is 67.6 Å². The van der Waals surface area contributed by atoms with Gasteiger partial charge in [0.15, 0.2) is 5.12 Å². The Morgan fingerprint density at radius 3 is 2.50 bits per heavy atom. The molecule has 0 saturated carbocycles. The van der Waals surface area contributed by atoms with E-state index in [2.05, 4.69) is 13.8 Å². The largest absolute Gasteiger partial charge is 0.287 e. The summed E-state index contributed by atoms with van der Waals surface area (Å²) in [6.45, 7) is 6.25. The molecule has 0 bridgehead atoms. The van der Waals surface area contributed by atoms with Gasteiger partial charge in [-0.25, -0.2) is 0 Å². The van der Waals surface area contributed by atoms with Crippen molar-refractivity contribution in [2.75, 3.05) is 5.75 Å². The molecule has 0 aromatic heterocycles. The Morgan fingerprint density at radius 2 is 2.10 bits per heavy atom. The average molecular weight is 160 g/mol. The normalized spacial score (nSPS) is 13.1. The summed E-state index contributed by atoms with van der Waals surface area (Å²) in [6, 6.07) is 0. The minimum absolute atomic E-state index is 0.344. The molecular weight excluding hydrogens is 144 g/mol. The molecule has 0 heterocycles. The van der Waals surface area contributed by atoms with Crippen LogP contribution in [0.3, 0.4) is 0 Å². The highest BCUT2D eigenvalue weighted by atomic mass is 32.2. The zero-order chi connectivity index (χ0) is 7.98. The minimum atomic E-state index is 0.344. The zero-order valence-corrected chi connectivity index (χ0v) is 7.83. The summed E-state index contributed by atoms with van der Waals surface area (Å²) in [5.74, 6) is 1.47. The zero-order valence-electron chi connectivity index (χ0n) is 7.02. The summed E-state index contributed by atoms with van der Waals surface area (Å²) < 4.78 is 0. The third-order valence-corrected chi connectivity index (χ3v) is 2.29. The van der Waals surface area contributed by atoms with Gasteiger partial charge in [-0.15, -0.1) is 0 Å². The molecular formula is C8H16OS. The maximum Gasteiger partial charge on any atom is 0.189 e. The fraction of sp³-hybridized carbons (Fsp3) is 0.875. The third kappa shape index (κ3) is 4.86. The van der Waals surface area contributed by atoms with E-state index in [9.17, 15) is 4.79 Å². The van der Waals surface area contributed by atoms with Gasteiger partial charge in [-0.1, -0.05) is 39.0 Å². The molecule has 0 saturated heterocycles. The van der Waals surface area contributed by atoms with Crippen LogP contribution in [-0.2, 0) is 4.79 Å². The van der Waals surface area contributed by atoms with Crippen LogP contribution in [0, 0.1) is 5.92 Å². The lowest BCUT2D eigenvalue weighted by atomic mass is 10.1. The van der Waals surface area contributed by atoms with Gasteiger partial charge in [0.05, 0.1) is 0 Å². The highest BCUT2D eigenvalue weighted by Crippen LogP contribution is 2.13. The Kier molecular flexibility index (Phi) is 5.79. The predicted molar refractivity (Wildman–Crippen MR) is 47.2 cm³/mol. The number of carbonyl (C=O) groups is 1. The smallest absolute Gasteiger partial charge is 0.189 e. The lowest BCUT2D eigenvalue weighted by Crippen LogP contribution is -2.00. The van der Waals surface area contributed by atoms with Crippen molar-refractivity contribution < 1.29 is 4.79 Å². The molecule has 0 N–H and O–H groups in total. The van der Waals surface area contributed by atoms with E-state index < -0.39 is 0 Å². The van der Waals surface area contributed by atoms with Gasteiger partial charge in [-0.05, 0) is 11.7 Å². The maximum absolute atomic E-state index is 11.0. The van der Waals surface area contributed by atoms with E-state index in [1.165, 1.54) is 11.8 Å². The van der Waals surface area contributed by atoms with Crippen LogP contribution < -0.4 is 0 Å². The van der Waals surface area contributed by atoms with Gasteiger partial charge < -0.3 is 0 Å². The summed E-state index contributed by atoms with van der Waals surface area (Å²) in [6.07, 6.45) is 1.85. The molecule has 0 amide bonds. The first-order valence-corrected chi connectivity index (χ1v) is 4.84. The van der Waals surface area contributed by atoms with Crippen LogP contribution >= 0.6 is 11.8 Å². The lowest BCUT2D eigenvalue weighted by molar-refractivity contribution is -0.111. The Hall–Kier alpha value is 0.0200. The second kappa shape index (κ2) is 5.78. The van der Waals surface area contributed by atoms with Crippen molar-refractivity contribution in [1.82, 2.24) is 0 Å². The Balaban J connectivity index is 3.37. The molecule has 0 radical (unpaired) electrons. The monoisotopic (exact) mass is 160 g/mol. The van der Waals surface area contributed by atoms with Crippen LogP contribution in [0.25, 0.3) is 0 Å². The van der Waals surface area contributed by atoms with Crippen LogP contribution in [0.15, 0.2) is 0 Å². The second-order valence-corrected chi connectivity index (χ2v) is 3.84. The highest BCUT2D eigenvalue weighted by Gasteiger charge is 2.05. The molecule has 0 aromatic carbocycles. The van der Waals surface area contributed by atoms with Crippen molar-refractivity contribution in [2.45, 2.75) is 33.6 Å². The molecule has 0 aliphatic heterocycles. The van der Waals surface area contributed by atoms with E-state index in [1.807, 2.05) is 6.92 Å². The number of carbonyl (C=O) groups excluding carboxylic acids is 1. The predicted octanol–water partition coefficient (Wildman–Crippen LogP) is 2.70. The number of hydrogen-bond donors (Lipinski definition) is 0. The Bertz CT molecular complexity index is 101. The third-order valence-electron chi connectivity index (χ3n) is 1.52. The van der Waals surface area contributed by atoms with Gasteiger partial charge in [0.2, 0.25) is 0 Å². The summed E-state index contributed by atoms with van der Waals surface area (Å²) in [5.41, 5.74) is 0. The quantitative estimate of drug-likeness (QED) is 0.629. The molecule has 1 atom stereocenters. The molecule has 60 valence electrons. The van der Waals surface area contributed by atoms with Gasteiger partial charge in [0.1, 0.15) is 0 Å². The summed E-state index contributed by atoms with van der Waals surface area (Å²) in [4.78, 5) is 11.0. The molecule has 10 heavy (non-hydrogen) atoms. The van der Waals surface area contributed by atoms with Gasteiger partial charge >= 0.3 is 0 Å². The molecule has 0 unspecified atom stereocenters. The van der Waals surface area contributed by atoms with E-state index in [4.69, 9.17) is 0 Å². The first-order valence-electron chi connectivity index (χ1n) is 3.86. The SMILES string of the molecule is CCSC(=O)C[C@H](C)CC. The van der Waals surface area contributed by atoms with E-state index in [0.717, 1.165) is 18.6 Å². The maximum atomic E-state index is 11.0. The lowest BCUT2D eigenvalue weighted by Gasteiger charge is -2.04. The van der Waals surface area contributed by atoms with Crippen LogP contribution in [0.5, 0.6) is 0 Å². The van der Waals surface area contributed by atoms with Crippen LogP contribution in [0.2, 0.25) is 0 Å². The van der Waals surface area contributed by atoms with Crippen LogP contribution in [0.4, 0.5) is 0 Å². The van der Waals surface area contributed by atoms with Crippen molar-refractivity contribution in [3.05, 3.63) is 0 Å². The molecule has 0 spiro atoms. The average Bonchev–Trinajstić information content (AvgIpc) is 1.88.